The zero-order valence-electron chi connectivity index (χ0n) is 15.6. The molecule has 26 heavy (non-hydrogen) atoms. The van der Waals surface area contributed by atoms with Crippen molar-refractivity contribution >= 4 is 5.91 Å². The fraction of sp³-hybridized carbons (Fsp3) is 0.650. The standard InChI is InChI=1S/C20H29NO5/c1-3-24-20-11-14(7-8-18(20)25-10-9-22)19-12-16(21-13(2)23)15-5-4-6-17(15)26-19/h7-8,11,15-17,19,22H,3-6,9-10,12H2,1-2H3,(H,21,23)/t15-,16+,17+,19+/m0/s1. The molecule has 1 aromatic rings. The highest BCUT2D eigenvalue weighted by Crippen LogP contribution is 2.43. The highest BCUT2D eigenvalue weighted by Gasteiger charge is 2.42. The summed E-state index contributed by atoms with van der Waals surface area (Å²) in [6.45, 7) is 4.22. The van der Waals surface area contributed by atoms with Crippen LogP contribution in [0.3, 0.4) is 0 Å². The Balaban J connectivity index is 1.80. The maximum Gasteiger partial charge on any atom is 0.217 e. The molecule has 0 radical (unpaired) electrons. The van der Waals surface area contributed by atoms with E-state index in [1.165, 1.54) is 0 Å². The number of aliphatic hydroxyl groups excluding tert-OH is 1. The lowest BCUT2D eigenvalue weighted by atomic mass is 9.86. The molecule has 2 fully saturated rings. The Morgan fingerprint density at radius 3 is 2.88 bits per heavy atom. The lowest BCUT2D eigenvalue weighted by Crippen LogP contribution is -2.47. The van der Waals surface area contributed by atoms with Gasteiger partial charge in [-0.05, 0) is 43.9 Å². The van der Waals surface area contributed by atoms with Crippen LogP contribution in [-0.4, -0.2) is 43.0 Å². The van der Waals surface area contributed by atoms with Crippen molar-refractivity contribution in [1.29, 1.82) is 0 Å². The van der Waals surface area contributed by atoms with Gasteiger partial charge in [-0.15, -0.1) is 0 Å². The van der Waals surface area contributed by atoms with Gasteiger partial charge in [0.05, 0.1) is 25.4 Å². The molecule has 1 saturated heterocycles. The third-order valence-electron chi connectivity index (χ3n) is 5.20. The molecule has 1 aliphatic carbocycles. The molecule has 0 spiro atoms. The summed E-state index contributed by atoms with van der Waals surface area (Å²) in [5.74, 6) is 1.71. The summed E-state index contributed by atoms with van der Waals surface area (Å²) in [6.07, 6.45) is 4.21. The summed E-state index contributed by atoms with van der Waals surface area (Å²) < 4.78 is 17.6. The van der Waals surface area contributed by atoms with Crippen LogP contribution in [0.5, 0.6) is 11.5 Å². The average molecular weight is 363 g/mol. The smallest absolute Gasteiger partial charge is 0.217 e. The Hall–Kier alpha value is -1.79. The number of hydrogen-bond acceptors (Lipinski definition) is 5. The number of nitrogens with one attached hydrogen (secondary N) is 1. The fourth-order valence-electron chi connectivity index (χ4n) is 4.17. The summed E-state index contributed by atoms with van der Waals surface area (Å²) in [7, 11) is 0. The molecule has 6 nitrogen and oxygen atoms in total. The Morgan fingerprint density at radius 2 is 2.15 bits per heavy atom. The molecule has 0 unspecified atom stereocenters. The van der Waals surface area contributed by atoms with E-state index in [0.29, 0.717) is 24.0 Å². The maximum absolute atomic E-state index is 11.6. The highest BCUT2D eigenvalue weighted by atomic mass is 16.5. The third kappa shape index (κ3) is 4.30. The van der Waals surface area contributed by atoms with Crippen molar-refractivity contribution in [3.8, 4) is 11.5 Å². The predicted octanol–water partition coefficient (Wildman–Crippen LogP) is 2.59. The molecular formula is C20H29NO5. The molecular weight excluding hydrogens is 334 g/mol. The first-order valence-corrected chi connectivity index (χ1v) is 9.55. The zero-order chi connectivity index (χ0) is 18.5. The first-order valence-electron chi connectivity index (χ1n) is 9.55. The van der Waals surface area contributed by atoms with E-state index in [0.717, 1.165) is 31.2 Å². The lowest BCUT2D eigenvalue weighted by Gasteiger charge is -2.39. The molecule has 144 valence electrons. The van der Waals surface area contributed by atoms with Gasteiger partial charge in [0, 0.05) is 18.9 Å². The second kappa shape index (κ2) is 8.73. The van der Waals surface area contributed by atoms with Gasteiger partial charge in [-0.1, -0.05) is 12.5 Å². The van der Waals surface area contributed by atoms with Gasteiger partial charge in [0.25, 0.3) is 0 Å². The topological polar surface area (TPSA) is 77.0 Å². The molecule has 0 bridgehead atoms. The Bertz CT molecular complexity index is 620. The Labute approximate surface area is 154 Å². The van der Waals surface area contributed by atoms with E-state index in [2.05, 4.69) is 5.32 Å². The molecule has 6 heteroatoms. The third-order valence-corrected chi connectivity index (χ3v) is 5.20. The van der Waals surface area contributed by atoms with Crippen LogP contribution < -0.4 is 14.8 Å². The number of ether oxygens (including phenoxy) is 3. The normalized spacial score (nSPS) is 27.7. The quantitative estimate of drug-likeness (QED) is 0.779. The van der Waals surface area contributed by atoms with Crippen LogP contribution in [0.4, 0.5) is 0 Å². The number of carbonyl (C=O) groups is 1. The predicted molar refractivity (Wildman–Crippen MR) is 97.4 cm³/mol. The van der Waals surface area contributed by atoms with Crippen LogP contribution >= 0.6 is 0 Å². The van der Waals surface area contributed by atoms with Crippen LogP contribution in [0.15, 0.2) is 18.2 Å². The van der Waals surface area contributed by atoms with E-state index in [1.54, 1.807) is 6.92 Å². The molecule has 1 amide bonds. The number of carbonyl (C=O) groups excluding carboxylic acids is 1. The minimum atomic E-state index is -0.0719. The first kappa shape index (κ1) is 19.0. The number of fused-ring (bicyclic) bond motifs is 1. The molecule has 4 atom stereocenters. The van der Waals surface area contributed by atoms with Gasteiger partial charge in [-0.25, -0.2) is 0 Å². The van der Waals surface area contributed by atoms with Crippen LogP contribution in [0.1, 0.15) is 51.2 Å². The Morgan fingerprint density at radius 1 is 1.31 bits per heavy atom. The van der Waals surface area contributed by atoms with Gasteiger partial charge in [0.1, 0.15) is 6.61 Å². The molecule has 1 aromatic carbocycles. The maximum atomic E-state index is 11.6. The Kier molecular flexibility index (Phi) is 6.38. The minimum absolute atomic E-state index is 0.0176. The van der Waals surface area contributed by atoms with Gasteiger partial charge in [0.2, 0.25) is 5.91 Å². The molecule has 3 rings (SSSR count). The van der Waals surface area contributed by atoms with Crippen LogP contribution in [0, 0.1) is 5.92 Å². The van der Waals surface area contributed by atoms with E-state index in [1.807, 2.05) is 25.1 Å². The number of aliphatic hydroxyl groups is 1. The monoisotopic (exact) mass is 363 g/mol. The minimum Gasteiger partial charge on any atom is -0.490 e. The first-order chi connectivity index (χ1) is 12.6. The van der Waals surface area contributed by atoms with Crippen molar-refractivity contribution in [2.75, 3.05) is 19.8 Å². The largest absolute Gasteiger partial charge is 0.490 e. The van der Waals surface area contributed by atoms with E-state index in [-0.39, 0.29) is 37.4 Å². The number of amides is 1. The average Bonchev–Trinajstić information content (AvgIpc) is 3.09. The van der Waals surface area contributed by atoms with Crippen LogP contribution in [0.25, 0.3) is 0 Å². The van der Waals surface area contributed by atoms with Crippen molar-refractivity contribution < 1.29 is 24.1 Å². The molecule has 1 saturated carbocycles. The number of rotatable bonds is 7. The van der Waals surface area contributed by atoms with Gasteiger partial charge < -0.3 is 24.6 Å². The highest BCUT2D eigenvalue weighted by molar-refractivity contribution is 5.73. The van der Waals surface area contributed by atoms with Crippen molar-refractivity contribution in [2.24, 2.45) is 5.92 Å². The molecule has 2 N–H and O–H groups in total. The van der Waals surface area contributed by atoms with Crippen molar-refractivity contribution in [3.05, 3.63) is 23.8 Å². The van der Waals surface area contributed by atoms with Gasteiger partial charge in [-0.2, -0.15) is 0 Å². The number of hydrogen-bond donors (Lipinski definition) is 2. The van der Waals surface area contributed by atoms with E-state index >= 15 is 0 Å². The zero-order valence-corrected chi connectivity index (χ0v) is 15.6. The fourth-order valence-corrected chi connectivity index (χ4v) is 4.17. The second-order valence-electron chi connectivity index (χ2n) is 7.01. The summed E-state index contributed by atoms with van der Waals surface area (Å²) >= 11 is 0. The molecule has 2 aliphatic rings. The molecule has 1 aliphatic heterocycles. The van der Waals surface area contributed by atoms with E-state index < -0.39 is 0 Å². The number of benzene rings is 1. The second-order valence-corrected chi connectivity index (χ2v) is 7.01. The van der Waals surface area contributed by atoms with Crippen molar-refractivity contribution in [2.45, 2.75) is 57.8 Å². The SMILES string of the molecule is CCOc1cc([C@H]2C[C@@H](NC(C)=O)[C@@H]3CCC[C@H]3O2)ccc1OCCO. The van der Waals surface area contributed by atoms with Gasteiger partial charge in [0.15, 0.2) is 11.5 Å². The van der Waals surface area contributed by atoms with E-state index in [4.69, 9.17) is 19.3 Å². The molecule has 1 heterocycles. The van der Waals surface area contributed by atoms with Gasteiger partial charge in [-0.3, -0.25) is 4.79 Å². The molecule has 0 aromatic heterocycles. The van der Waals surface area contributed by atoms with Crippen LogP contribution in [0.2, 0.25) is 0 Å². The lowest BCUT2D eigenvalue weighted by molar-refractivity contribution is -0.124. The van der Waals surface area contributed by atoms with Gasteiger partial charge >= 0.3 is 0 Å². The summed E-state index contributed by atoms with van der Waals surface area (Å²) in [5.41, 5.74) is 1.03. The summed E-state index contributed by atoms with van der Waals surface area (Å²) in [5, 5.41) is 12.1. The van der Waals surface area contributed by atoms with Crippen molar-refractivity contribution in [1.82, 2.24) is 5.32 Å². The van der Waals surface area contributed by atoms with Crippen molar-refractivity contribution in [3.63, 3.8) is 0 Å². The van der Waals surface area contributed by atoms with Crippen LogP contribution in [-0.2, 0) is 9.53 Å². The van der Waals surface area contributed by atoms with E-state index in [9.17, 15) is 4.79 Å². The summed E-state index contributed by atoms with van der Waals surface area (Å²) in [6, 6.07) is 5.97. The summed E-state index contributed by atoms with van der Waals surface area (Å²) in [4.78, 5) is 11.6.